The van der Waals surface area contributed by atoms with E-state index in [1.165, 1.54) is 4.31 Å². The predicted octanol–water partition coefficient (Wildman–Crippen LogP) is 1.78. The zero-order chi connectivity index (χ0) is 13.8. The van der Waals surface area contributed by atoms with Crippen molar-refractivity contribution >= 4 is 27.5 Å². The Kier molecular flexibility index (Phi) is 5.49. The van der Waals surface area contributed by atoms with Crippen LogP contribution in [-0.4, -0.2) is 37.8 Å². The van der Waals surface area contributed by atoms with E-state index in [9.17, 15) is 8.42 Å². The third kappa shape index (κ3) is 4.19. The monoisotopic (exact) mass is 288 g/mol. The van der Waals surface area contributed by atoms with E-state index in [0.717, 1.165) is 11.3 Å². The Morgan fingerprint density at radius 2 is 1.89 bits per heavy atom. The summed E-state index contributed by atoms with van der Waals surface area (Å²) in [4.78, 5) is 0. The van der Waals surface area contributed by atoms with Gasteiger partial charge in [-0.3, -0.25) is 0 Å². The fourth-order valence-corrected chi connectivity index (χ4v) is 3.79. The summed E-state index contributed by atoms with van der Waals surface area (Å²) in [6.45, 7) is 1.91. The average Bonchev–Trinajstić information content (AvgIpc) is 2.31. The maximum Gasteiger partial charge on any atom is 0.218 e. The number of nitrogens with two attached hydrogens (primary N) is 1. The van der Waals surface area contributed by atoms with Gasteiger partial charge in [0.05, 0.1) is 5.75 Å². The van der Waals surface area contributed by atoms with Crippen LogP contribution < -0.4 is 5.73 Å². The first kappa shape index (κ1) is 15.3. The van der Waals surface area contributed by atoms with Crippen molar-refractivity contribution in [2.24, 2.45) is 0 Å². The van der Waals surface area contributed by atoms with Crippen molar-refractivity contribution in [3.05, 3.63) is 29.8 Å². The number of rotatable bonds is 6. The van der Waals surface area contributed by atoms with Crippen LogP contribution in [0, 0.1) is 0 Å². The lowest BCUT2D eigenvalue weighted by Crippen LogP contribution is -2.37. The fourth-order valence-electron chi connectivity index (χ4n) is 1.55. The van der Waals surface area contributed by atoms with Gasteiger partial charge in [0.1, 0.15) is 0 Å². The molecule has 0 spiro atoms. The number of nitrogen functional groups attached to an aromatic ring is 1. The molecule has 1 unspecified atom stereocenters. The van der Waals surface area contributed by atoms with E-state index in [0.29, 0.717) is 5.69 Å². The molecule has 1 rings (SSSR count). The minimum atomic E-state index is -3.27. The molecule has 1 atom stereocenters. The molecule has 102 valence electrons. The van der Waals surface area contributed by atoms with Gasteiger partial charge >= 0.3 is 0 Å². The second-order valence-corrected chi connectivity index (χ2v) is 7.26. The van der Waals surface area contributed by atoms with Crippen molar-refractivity contribution in [3.63, 3.8) is 0 Å². The minimum Gasteiger partial charge on any atom is -0.399 e. The number of hydrogen-bond donors (Lipinski definition) is 1. The summed E-state index contributed by atoms with van der Waals surface area (Å²) in [5, 5.41) is 0. The first-order valence-electron chi connectivity index (χ1n) is 5.66. The maximum atomic E-state index is 12.2. The predicted molar refractivity (Wildman–Crippen MR) is 79.1 cm³/mol. The van der Waals surface area contributed by atoms with Crippen LogP contribution in [0.2, 0.25) is 0 Å². The van der Waals surface area contributed by atoms with E-state index in [1.54, 1.807) is 43.1 Å². The second kappa shape index (κ2) is 6.45. The first-order chi connectivity index (χ1) is 8.36. The van der Waals surface area contributed by atoms with Gasteiger partial charge in [0, 0.05) is 24.5 Å². The van der Waals surface area contributed by atoms with Gasteiger partial charge in [-0.25, -0.2) is 12.7 Å². The first-order valence-corrected chi connectivity index (χ1v) is 8.66. The molecule has 1 aromatic rings. The SMILES string of the molecule is CSCC(C)N(C)S(=O)(=O)Cc1ccc(N)cc1. The zero-order valence-corrected chi connectivity index (χ0v) is 12.6. The van der Waals surface area contributed by atoms with E-state index in [1.807, 2.05) is 13.2 Å². The van der Waals surface area contributed by atoms with Gasteiger partial charge in [-0.1, -0.05) is 12.1 Å². The lowest BCUT2D eigenvalue weighted by Gasteiger charge is -2.23. The molecule has 0 bridgehead atoms. The zero-order valence-electron chi connectivity index (χ0n) is 11.0. The molecule has 6 heteroatoms. The lowest BCUT2D eigenvalue weighted by atomic mass is 10.2. The van der Waals surface area contributed by atoms with Crippen molar-refractivity contribution in [1.82, 2.24) is 4.31 Å². The van der Waals surface area contributed by atoms with Crippen molar-refractivity contribution in [2.45, 2.75) is 18.7 Å². The largest absolute Gasteiger partial charge is 0.399 e. The highest BCUT2D eigenvalue weighted by atomic mass is 32.2. The molecule has 0 aromatic heterocycles. The summed E-state index contributed by atoms with van der Waals surface area (Å²) in [5.41, 5.74) is 6.97. The highest BCUT2D eigenvalue weighted by Gasteiger charge is 2.23. The van der Waals surface area contributed by atoms with Gasteiger partial charge in [0.15, 0.2) is 0 Å². The van der Waals surface area contributed by atoms with Crippen molar-refractivity contribution in [2.75, 3.05) is 24.8 Å². The van der Waals surface area contributed by atoms with Gasteiger partial charge in [0.25, 0.3) is 0 Å². The quantitative estimate of drug-likeness (QED) is 0.811. The number of hydrogen-bond acceptors (Lipinski definition) is 4. The van der Waals surface area contributed by atoms with Gasteiger partial charge in [-0.2, -0.15) is 11.8 Å². The van der Waals surface area contributed by atoms with Crippen LogP contribution in [0.15, 0.2) is 24.3 Å². The Balaban J connectivity index is 2.78. The van der Waals surface area contributed by atoms with E-state index in [-0.39, 0.29) is 11.8 Å². The Labute approximate surface area is 114 Å². The Hall–Kier alpha value is -0.720. The number of thioether (sulfide) groups is 1. The maximum absolute atomic E-state index is 12.2. The highest BCUT2D eigenvalue weighted by Crippen LogP contribution is 2.15. The van der Waals surface area contributed by atoms with Crippen LogP contribution in [0.5, 0.6) is 0 Å². The van der Waals surface area contributed by atoms with Crippen molar-refractivity contribution in [1.29, 1.82) is 0 Å². The highest BCUT2D eigenvalue weighted by molar-refractivity contribution is 7.98. The molecule has 0 aliphatic heterocycles. The van der Waals surface area contributed by atoms with Crippen LogP contribution in [0.3, 0.4) is 0 Å². The van der Waals surface area contributed by atoms with Gasteiger partial charge in [-0.15, -0.1) is 0 Å². The molecule has 18 heavy (non-hydrogen) atoms. The molecule has 2 N–H and O–H groups in total. The molecular formula is C12H20N2O2S2. The van der Waals surface area contributed by atoms with E-state index >= 15 is 0 Å². The molecule has 4 nitrogen and oxygen atoms in total. The number of nitrogens with zero attached hydrogens (tertiary/aromatic N) is 1. The molecule has 0 saturated heterocycles. The summed E-state index contributed by atoms with van der Waals surface area (Å²) in [5.74, 6) is 0.806. The molecule has 0 amide bonds. The van der Waals surface area contributed by atoms with Crippen LogP contribution >= 0.6 is 11.8 Å². The molecule has 0 radical (unpaired) electrons. The van der Waals surface area contributed by atoms with Crippen LogP contribution in [0.25, 0.3) is 0 Å². The summed E-state index contributed by atoms with van der Waals surface area (Å²) in [6, 6.07) is 6.94. The van der Waals surface area contributed by atoms with Gasteiger partial charge in [0.2, 0.25) is 10.0 Å². The van der Waals surface area contributed by atoms with Gasteiger partial charge < -0.3 is 5.73 Å². The Bertz CT molecular complexity index is 471. The molecule has 0 saturated carbocycles. The Morgan fingerprint density at radius 1 is 1.33 bits per heavy atom. The normalized spacial score (nSPS) is 13.8. The summed E-state index contributed by atoms with van der Waals surface area (Å²) in [6.07, 6.45) is 1.97. The van der Waals surface area contributed by atoms with Crippen molar-refractivity contribution < 1.29 is 8.42 Å². The smallest absolute Gasteiger partial charge is 0.218 e. The summed E-state index contributed by atoms with van der Waals surface area (Å²) >= 11 is 1.64. The van der Waals surface area contributed by atoms with Crippen molar-refractivity contribution in [3.8, 4) is 0 Å². The van der Waals surface area contributed by atoms with E-state index in [4.69, 9.17) is 5.73 Å². The number of sulfonamides is 1. The Morgan fingerprint density at radius 3 is 2.39 bits per heavy atom. The van der Waals surface area contributed by atoms with Gasteiger partial charge in [-0.05, 0) is 30.9 Å². The second-order valence-electron chi connectivity index (χ2n) is 4.32. The molecule has 0 heterocycles. The third-order valence-corrected chi connectivity index (χ3v) is 5.55. The van der Waals surface area contributed by atoms with Crippen LogP contribution in [-0.2, 0) is 15.8 Å². The fraction of sp³-hybridized carbons (Fsp3) is 0.500. The van der Waals surface area contributed by atoms with Crippen LogP contribution in [0.4, 0.5) is 5.69 Å². The lowest BCUT2D eigenvalue weighted by molar-refractivity contribution is 0.414. The van der Waals surface area contributed by atoms with Crippen LogP contribution in [0.1, 0.15) is 12.5 Å². The van der Waals surface area contributed by atoms with E-state index < -0.39 is 10.0 Å². The molecular weight excluding hydrogens is 268 g/mol. The average molecular weight is 288 g/mol. The third-order valence-electron chi connectivity index (χ3n) is 2.80. The number of anilines is 1. The molecule has 0 aliphatic carbocycles. The summed E-state index contributed by atoms with van der Waals surface area (Å²) < 4.78 is 25.8. The molecule has 0 fully saturated rings. The molecule has 0 aliphatic rings. The molecule has 1 aromatic carbocycles. The number of benzene rings is 1. The topological polar surface area (TPSA) is 63.4 Å². The standard InChI is InChI=1S/C12H20N2O2S2/c1-10(8-17-3)14(2)18(15,16)9-11-4-6-12(13)7-5-11/h4-7,10H,8-9,13H2,1-3H3. The van der Waals surface area contributed by atoms with E-state index in [2.05, 4.69) is 0 Å². The minimum absolute atomic E-state index is 0.00113. The summed E-state index contributed by atoms with van der Waals surface area (Å²) in [7, 11) is -1.64.